The van der Waals surface area contributed by atoms with Crippen LogP contribution in [0.25, 0.3) is 0 Å². The number of quaternary nitrogens is 1. The monoisotopic (exact) mass is 690 g/mol. The van der Waals surface area contributed by atoms with Crippen LogP contribution >= 0.6 is 0 Å². The Kier molecular flexibility index (Phi) is 32.5. The topological polar surface area (TPSA) is 44.5 Å². The van der Waals surface area contributed by atoms with Crippen molar-refractivity contribution >= 4 is 0 Å². The van der Waals surface area contributed by atoms with E-state index in [-0.39, 0.29) is 5.79 Å². The lowest BCUT2D eigenvalue weighted by molar-refractivity contribution is -0.918. The van der Waals surface area contributed by atoms with Gasteiger partial charge >= 0.3 is 0 Å². The summed E-state index contributed by atoms with van der Waals surface area (Å²) in [6.45, 7) is 10.5. The van der Waals surface area contributed by atoms with Crippen LogP contribution in [0.5, 0.6) is 0 Å². The van der Waals surface area contributed by atoms with Gasteiger partial charge in [-0.2, -0.15) is 0 Å². The number of hydrogen-bond acceptors (Lipinski definition) is 3. The molecule has 2 N–H and O–H groups in total. The van der Waals surface area contributed by atoms with Crippen molar-refractivity contribution in [1.82, 2.24) is 0 Å². The lowest BCUT2D eigenvalue weighted by atomic mass is 10.0. The van der Waals surface area contributed by atoms with Gasteiger partial charge in [-0.3, -0.25) is 0 Å². The van der Waals surface area contributed by atoms with Gasteiger partial charge in [0.2, 0.25) is 0 Å². The van der Waals surface area contributed by atoms with E-state index in [0.29, 0.717) is 0 Å². The molecule has 1 aliphatic rings. The van der Waals surface area contributed by atoms with E-state index in [0.717, 1.165) is 69.4 Å². The molecule has 4 heteroatoms. The van der Waals surface area contributed by atoms with Crippen LogP contribution in [-0.2, 0) is 9.47 Å². The molecule has 0 saturated carbocycles. The quantitative estimate of drug-likeness (QED) is 0.0306. The largest absolute Gasteiger partial charge is 0.349 e. The van der Waals surface area contributed by atoms with Crippen molar-refractivity contribution in [2.75, 3.05) is 46.4 Å². The van der Waals surface area contributed by atoms with Crippen molar-refractivity contribution in [3.63, 3.8) is 0 Å². The van der Waals surface area contributed by atoms with Gasteiger partial charge in [0.25, 0.3) is 0 Å². The molecule has 0 atom stereocenters. The van der Waals surface area contributed by atoms with Gasteiger partial charge in [-0.15, -0.1) is 0 Å². The molecule has 0 aromatic carbocycles. The summed E-state index contributed by atoms with van der Waals surface area (Å²) >= 11 is 0. The molecule has 0 bridgehead atoms. The van der Waals surface area contributed by atoms with E-state index in [1.54, 1.807) is 0 Å². The molecule has 0 aromatic rings. The molecule has 0 aromatic heterocycles. The first-order valence-corrected chi connectivity index (χ1v) is 22.2. The number of rotatable bonds is 37. The lowest BCUT2D eigenvalue weighted by Crippen LogP contribution is -2.57. The average molecular weight is 690 g/mol. The highest BCUT2D eigenvalue weighted by Gasteiger charge is 2.42. The second-order valence-corrected chi connectivity index (χ2v) is 15.9. The summed E-state index contributed by atoms with van der Waals surface area (Å²) in [4.78, 5) is 0. The number of likely N-dealkylation sites (tertiary alicyclic amines) is 1. The van der Waals surface area contributed by atoms with Crippen LogP contribution < -0.4 is 5.73 Å². The van der Waals surface area contributed by atoms with Crippen molar-refractivity contribution < 1.29 is 14.0 Å². The van der Waals surface area contributed by atoms with Crippen molar-refractivity contribution in [2.24, 2.45) is 5.73 Å². The Labute approximate surface area is 308 Å². The smallest absolute Gasteiger partial charge is 0.178 e. The standard InChI is InChI=1S/C45H89N2O2/c1-4-6-8-10-12-14-16-18-20-22-24-26-28-30-32-34-43-48-45(37-41-47(3,42-38-45)40-36-39-46)49-44-35-33-31-29-27-25-23-21-19-17-15-13-11-9-7-5-2/h18-21H,4-17,22-44,46H2,1-3H3/q+1. The maximum absolute atomic E-state index is 6.64. The molecule has 1 aliphatic heterocycles. The highest BCUT2D eigenvalue weighted by molar-refractivity contribution is 4.82. The zero-order chi connectivity index (χ0) is 35.4. The molecule has 0 amide bonds. The van der Waals surface area contributed by atoms with Gasteiger partial charge in [-0.25, -0.2) is 0 Å². The highest BCUT2D eigenvalue weighted by Crippen LogP contribution is 2.32. The summed E-state index contributed by atoms with van der Waals surface area (Å²) in [5, 5.41) is 0. The van der Waals surface area contributed by atoms with Gasteiger partial charge in [0.15, 0.2) is 5.79 Å². The number of piperidine rings is 1. The molecule has 0 aliphatic carbocycles. The molecule has 4 nitrogen and oxygen atoms in total. The third-order valence-corrected chi connectivity index (χ3v) is 11.0. The summed E-state index contributed by atoms with van der Waals surface area (Å²) in [5.41, 5.74) is 5.85. The molecule has 49 heavy (non-hydrogen) atoms. The van der Waals surface area contributed by atoms with E-state index in [1.165, 1.54) is 173 Å². The molecule has 1 rings (SSSR count). The Hall–Kier alpha value is -0.680. The molecule has 1 heterocycles. The first-order valence-electron chi connectivity index (χ1n) is 22.2. The van der Waals surface area contributed by atoms with Crippen LogP contribution in [0.15, 0.2) is 24.3 Å². The van der Waals surface area contributed by atoms with Crippen molar-refractivity contribution in [3.8, 4) is 0 Å². The summed E-state index contributed by atoms with van der Waals surface area (Å²) in [7, 11) is 2.40. The highest BCUT2D eigenvalue weighted by atomic mass is 16.7. The number of hydrogen-bond donors (Lipinski definition) is 1. The van der Waals surface area contributed by atoms with Crippen molar-refractivity contribution in [1.29, 1.82) is 0 Å². The summed E-state index contributed by atoms with van der Waals surface area (Å²) < 4.78 is 14.4. The van der Waals surface area contributed by atoms with Crippen molar-refractivity contribution in [3.05, 3.63) is 24.3 Å². The Morgan fingerprint density at radius 1 is 0.469 bits per heavy atom. The van der Waals surface area contributed by atoms with E-state index in [9.17, 15) is 0 Å². The molecule has 0 spiro atoms. The van der Waals surface area contributed by atoms with E-state index in [2.05, 4.69) is 45.2 Å². The molecular weight excluding hydrogens is 601 g/mol. The minimum Gasteiger partial charge on any atom is -0.349 e. The summed E-state index contributed by atoms with van der Waals surface area (Å²) in [6, 6.07) is 0. The van der Waals surface area contributed by atoms with E-state index < -0.39 is 0 Å². The van der Waals surface area contributed by atoms with Crippen LogP contribution in [0.2, 0.25) is 0 Å². The zero-order valence-electron chi connectivity index (χ0n) is 33.8. The molecule has 1 fully saturated rings. The minimum absolute atomic E-state index is 0.357. The maximum atomic E-state index is 6.64. The Morgan fingerprint density at radius 3 is 1.14 bits per heavy atom. The molecule has 0 unspecified atom stereocenters. The van der Waals surface area contributed by atoms with E-state index in [1.807, 2.05) is 0 Å². The summed E-state index contributed by atoms with van der Waals surface area (Å²) in [6.07, 6.45) is 50.4. The van der Waals surface area contributed by atoms with Gasteiger partial charge < -0.3 is 19.7 Å². The number of nitrogens with zero attached hydrogens (tertiary/aromatic N) is 1. The third kappa shape index (κ3) is 28.6. The number of allylic oxidation sites excluding steroid dienone is 4. The summed E-state index contributed by atoms with van der Waals surface area (Å²) in [5.74, 6) is -0.357. The lowest BCUT2D eigenvalue weighted by Gasteiger charge is -2.46. The van der Waals surface area contributed by atoms with Gasteiger partial charge in [0, 0.05) is 6.42 Å². The van der Waals surface area contributed by atoms with Gasteiger partial charge in [0.05, 0.1) is 52.7 Å². The first kappa shape index (κ1) is 46.3. The van der Waals surface area contributed by atoms with Gasteiger partial charge in [-0.05, 0) is 70.8 Å². The van der Waals surface area contributed by atoms with Crippen LogP contribution in [-0.4, -0.2) is 56.7 Å². The Balaban J connectivity index is 2.15. The fourth-order valence-corrected chi connectivity index (χ4v) is 7.36. The normalized spacial score (nSPS) is 19.9. The van der Waals surface area contributed by atoms with E-state index in [4.69, 9.17) is 15.2 Å². The Morgan fingerprint density at radius 2 is 0.796 bits per heavy atom. The van der Waals surface area contributed by atoms with Gasteiger partial charge in [-0.1, -0.05) is 154 Å². The predicted molar refractivity (Wildman–Crippen MR) is 217 cm³/mol. The fourth-order valence-electron chi connectivity index (χ4n) is 7.36. The van der Waals surface area contributed by atoms with Crippen LogP contribution in [0, 0.1) is 0 Å². The van der Waals surface area contributed by atoms with Crippen LogP contribution in [0.1, 0.15) is 213 Å². The second-order valence-electron chi connectivity index (χ2n) is 15.9. The third-order valence-electron chi connectivity index (χ3n) is 11.0. The predicted octanol–water partition coefficient (Wildman–Crippen LogP) is 13.4. The first-order chi connectivity index (χ1) is 24.1. The second kappa shape index (κ2) is 34.4. The van der Waals surface area contributed by atoms with Crippen LogP contribution in [0.4, 0.5) is 0 Å². The average Bonchev–Trinajstić information content (AvgIpc) is 3.11. The number of nitrogens with two attached hydrogens (primary N) is 1. The number of unbranched alkanes of at least 4 members (excludes halogenated alkanes) is 24. The molecule has 0 radical (unpaired) electrons. The van der Waals surface area contributed by atoms with Crippen LogP contribution in [0.3, 0.4) is 0 Å². The molecular formula is C45H89N2O2+. The number of ether oxygens (including phenoxy) is 2. The molecule has 1 saturated heterocycles. The zero-order valence-corrected chi connectivity index (χ0v) is 33.8. The minimum atomic E-state index is -0.357. The van der Waals surface area contributed by atoms with Crippen molar-refractivity contribution in [2.45, 2.75) is 219 Å². The van der Waals surface area contributed by atoms with E-state index >= 15 is 0 Å². The van der Waals surface area contributed by atoms with Gasteiger partial charge in [0.1, 0.15) is 0 Å². The SMILES string of the molecule is CCCCCCCCC=CCCCCCCCCOC1(OCCCCCCCCC=CCCCCCCCC)CC[N+](C)(CCCN)CC1. The molecule has 290 valence electrons. The Bertz CT molecular complexity index is 682. The fraction of sp³-hybridized carbons (Fsp3) is 0.911. The maximum Gasteiger partial charge on any atom is 0.178 e.